The smallest absolute Gasteiger partial charge is 0.260 e. The van der Waals surface area contributed by atoms with Gasteiger partial charge in [-0.1, -0.05) is 23.2 Å². The van der Waals surface area contributed by atoms with E-state index in [0.29, 0.717) is 54.6 Å². The number of hydrogen-bond donors (Lipinski definition) is 0. The highest BCUT2D eigenvalue weighted by molar-refractivity contribution is 6.35. The zero-order valence-electron chi connectivity index (χ0n) is 17.9. The van der Waals surface area contributed by atoms with E-state index < -0.39 is 0 Å². The monoisotopic (exact) mass is 463 g/mol. The summed E-state index contributed by atoms with van der Waals surface area (Å²) in [6.07, 6.45) is 2.40. The number of nitrogens with zero attached hydrogens (tertiary/aromatic N) is 3. The van der Waals surface area contributed by atoms with Crippen LogP contribution in [0.25, 0.3) is 0 Å². The molecule has 2 fully saturated rings. The first-order valence-electron chi connectivity index (χ1n) is 10.6. The van der Waals surface area contributed by atoms with Crippen molar-refractivity contribution in [3.63, 3.8) is 0 Å². The van der Waals surface area contributed by atoms with E-state index in [1.807, 2.05) is 13.0 Å². The van der Waals surface area contributed by atoms with Gasteiger partial charge >= 0.3 is 0 Å². The average molecular weight is 464 g/mol. The molecule has 31 heavy (non-hydrogen) atoms. The van der Waals surface area contributed by atoms with E-state index in [-0.39, 0.29) is 18.3 Å². The molecule has 1 aromatic carbocycles. The minimum atomic E-state index is -0.0926. The number of ether oxygens (including phenoxy) is 1. The first kappa shape index (κ1) is 22.2. The number of benzene rings is 1. The van der Waals surface area contributed by atoms with E-state index in [2.05, 4.69) is 16.4 Å². The first-order valence-corrected chi connectivity index (χ1v) is 11.4. The van der Waals surface area contributed by atoms with Crippen molar-refractivity contribution in [3.8, 4) is 5.75 Å². The normalized spacial score (nSPS) is 17.1. The van der Waals surface area contributed by atoms with Crippen molar-refractivity contribution in [1.82, 2.24) is 14.4 Å². The van der Waals surface area contributed by atoms with E-state index in [1.54, 1.807) is 23.1 Å². The van der Waals surface area contributed by atoms with Crippen molar-refractivity contribution in [2.75, 3.05) is 39.3 Å². The molecule has 6 nitrogen and oxygen atoms in total. The molecular weight excluding hydrogens is 437 g/mol. The summed E-state index contributed by atoms with van der Waals surface area (Å²) in [7, 11) is 0. The highest BCUT2D eigenvalue weighted by Crippen LogP contribution is 2.38. The number of aryl methyl sites for hydroxylation is 1. The van der Waals surface area contributed by atoms with Crippen LogP contribution in [-0.4, -0.2) is 65.4 Å². The van der Waals surface area contributed by atoms with E-state index >= 15 is 0 Å². The highest BCUT2D eigenvalue weighted by Gasteiger charge is 2.29. The Morgan fingerprint density at radius 1 is 1.06 bits per heavy atom. The number of halogens is 2. The molecule has 8 heteroatoms. The van der Waals surface area contributed by atoms with Gasteiger partial charge in [0.15, 0.2) is 12.4 Å². The number of aromatic nitrogens is 1. The fraction of sp³-hybridized carbons (Fsp3) is 0.478. The quantitative estimate of drug-likeness (QED) is 0.578. The number of ketones is 1. The largest absolute Gasteiger partial charge is 0.482 e. The summed E-state index contributed by atoms with van der Waals surface area (Å²) in [6, 6.07) is 7.50. The minimum absolute atomic E-state index is 0.0760. The van der Waals surface area contributed by atoms with Gasteiger partial charge in [0.2, 0.25) is 0 Å². The molecule has 0 unspecified atom stereocenters. The van der Waals surface area contributed by atoms with Crippen LogP contribution >= 0.6 is 23.2 Å². The summed E-state index contributed by atoms with van der Waals surface area (Å²) in [5.41, 5.74) is 3.08. The molecule has 2 aliphatic rings. The third-order valence-corrected chi connectivity index (χ3v) is 6.56. The zero-order valence-corrected chi connectivity index (χ0v) is 19.4. The Morgan fingerprint density at radius 2 is 1.77 bits per heavy atom. The summed E-state index contributed by atoms with van der Waals surface area (Å²) in [5, 5.41) is 0.897. The molecule has 2 aromatic rings. The van der Waals surface area contributed by atoms with Crippen molar-refractivity contribution in [3.05, 3.63) is 51.3 Å². The maximum absolute atomic E-state index is 12.9. The van der Waals surface area contributed by atoms with Crippen LogP contribution in [0.2, 0.25) is 10.0 Å². The topological polar surface area (TPSA) is 54.8 Å². The second-order valence-corrected chi connectivity index (χ2v) is 9.17. The molecule has 0 bridgehead atoms. The molecule has 166 valence electrons. The number of amides is 1. The summed E-state index contributed by atoms with van der Waals surface area (Å²) < 4.78 is 7.86. The molecule has 1 amide bonds. The van der Waals surface area contributed by atoms with E-state index in [4.69, 9.17) is 27.9 Å². The maximum Gasteiger partial charge on any atom is 0.260 e. The number of piperazine rings is 1. The van der Waals surface area contributed by atoms with Crippen LogP contribution in [0.4, 0.5) is 0 Å². The number of carbonyl (C=O) groups excluding carboxylic acids is 2. The van der Waals surface area contributed by atoms with E-state index in [1.165, 1.54) is 18.5 Å². The van der Waals surface area contributed by atoms with E-state index in [0.717, 1.165) is 11.3 Å². The third kappa shape index (κ3) is 5.08. The fourth-order valence-corrected chi connectivity index (χ4v) is 4.68. The molecule has 0 radical (unpaired) electrons. The van der Waals surface area contributed by atoms with Crippen LogP contribution in [0.1, 0.15) is 40.6 Å². The van der Waals surface area contributed by atoms with Gasteiger partial charge in [0.25, 0.3) is 5.91 Å². The highest BCUT2D eigenvalue weighted by atomic mass is 35.5. The molecule has 2 heterocycles. The third-order valence-electron chi connectivity index (χ3n) is 6.03. The van der Waals surface area contributed by atoms with Gasteiger partial charge in [0.1, 0.15) is 5.75 Å². The molecule has 0 N–H and O–H groups in total. The standard InChI is InChI=1S/C23H27Cl2N3O3/c1-15-11-19(16(2)28(15)18-4-5-18)21(29)13-26-7-9-27(10-8-26)23(30)14-31-22-6-3-17(24)12-20(22)25/h3,6,11-12,18H,4-5,7-10,13-14H2,1-2H3. The Kier molecular flexibility index (Phi) is 6.60. The average Bonchev–Trinajstić information content (AvgIpc) is 3.52. The molecule has 0 atom stereocenters. The summed E-state index contributed by atoms with van der Waals surface area (Å²) in [4.78, 5) is 29.3. The number of Topliss-reactive ketones (excluding diaryl/α,β-unsaturated/α-hetero) is 1. The Balaban J connectivity index is 1.26. The molecular formula is C23H27Cl2N3O3. The molecule has 1 aliphatic carbocycles. The van der Waals surface area contributed by atoms with Crippen molar-refractivity contribution in [2.45, 2.75) is 32.7 Å². The Bertz CT molecular complexity index is 992. The van der Waals surface area contributed by atoms with Crippen LogP contribution in [0.5, 0.6) is 5.75 Å². The van der Waals surface area contributed by atoms with Crippen LogP contribution in [0, 0.1) is 13.8 Å². The summed E-state index contributed by atoms with van der Waals surface area (Å²) in [6.45, 7) is 6.91. The van der Waals surface area contributed by atoms with Crippen LogP contribution in [0.15, 0.2) is 24.3 Å². The van der Waals surface area contributed by atoms with Gasteiger partial charge in [0, 0.05) is 54.2 Å². The lowest BCUT2D eigenvalue weighted by Gasteiger charge is -2.34. The maximum atomic E-state index is 12.9. The Labute approximate surface area is 192 Å². The van der Waals surface area contributed by atoms with Gasteiger partial charge in [-0.15, -0.1) is 0 Å². The molecule has 1 saturated heterocycles. The molecule has 1 saturated carbocycles. The second-order valence-electron chi connectivity index (χ2n) is 8.33. The lowest BCUT2D eigenvalue weighted by molar-refractivity contribution is -0.135. The van der Waals surface area contributed by atoms with Crippen molar-refractivity contribution >= 4 is 34.9 Å². The van der Waals surface area contributed by atoms with Gasteiger partial charge in [0.05, 0.1) is 11.6 Å². The predicted molar refractivity (Wildman–Crippen MR) is 121 cm³/mol. The molecule has 4 rings (SSSR count). The fourth-order valence-electron chi connectivity index (χ4n) is 4.22. The SMILES string of the molecule is Cc1cc(C(=O)CN2CCN(C(=O)COc3ccc(Cl)cc3Cl)CC2)c(C)n1C1CC1. The van der Waals surface area contributed by atoms with Crippen LogP contribution in [-0.2, 0) is 4.79 Å². The molecule has 0 spiro atoms. The first-order chi connectivity index (χ1) is 14.8. The number of carbonyl (C=O) groups is 2. The zero-order chi connectivity index (χ0) is 22.1. The molecule has 1 aliphatic heterocycles. The molecule has 1 aromatic heterocycles. The number of hydrogen-bond acceptors (Lipinski definition) is 4. The lowest BCUT2D eigenvalue weighted by Crippen LogP contribution is -2.51. The summed E-state index contributed by atoms with van der Waals surface area (Å²) >= 11 is 12.0. The van der Waals surface area contributed by atoms with Crippen molar-refractivity contribution in [2.24, 2.45) is 0 Å². The van der Waals surface area contributed by atoms with Crippen molar-refractivity contribution in [1.29, 1.82) is 0 Å². The van der Waals surface area contributed by atoms with Crippen LogP contribution in [0.3, 0.4) is 0 Å². The second kappa shape index (κ2) is 9.23. The summed E-state index contributed by atoms with van der Waals surface area (Å²) in [5.74, 6) is 0.498. The van der Waals surface area contributed by atoms with Gasteiger partial charge in [-0.3, -0.25) is 14.5 Å². The van der Waals surface area contributed by atoms with Gasteiger partial charge in [-0.25, -0.2) is 0 Å². The lowest BCUT2D eigenvalue weighted by atomic mass is 10.1. The van der Waals surface area contributed by atoms with Gasteiger partial charge in [-0.2, -0.15) is 0 Å². The van der Waals surface area contributed by atoms with Gasteiger partial charge < -0.3 is 14.2 Å². The van der Waals surface area contributed by atoms with Crippen molar-refractivity contribution < 1.29 is 14.3 Å². The van der Waals surface area contributed by atoms with E-state index in [9.17, 15) is 9.59 Å². The van der Waals surface area contributed by atoms with Crippen LogP contribution < -0.4 is 4.74 Å². The minimum Gasteiger partial charge on any atom is -0.482 e. The Hall–Kier alpha value is -2.02. The predicted octanol–water partition coefficient (Wildman–Crippen LogP) is 4.15. The number of rotatable bonds is 7. The van der Waals surface area contributed by atoms with Gasteiger partial charge in [-0.05, 0) is 51.0 Å². The Morgan fingerprint density at radius 3 is 2.42 bits per heavy atom.